The van der Waals surface area contributed by atoms with Crippen molar-refractivity contribution in [2.75, 3.05) is 26.7 Å². The maximum Gasteiger partial charge on any atom is 0.193 e. The third-order valence-corrected chi connectivity index (χ3v) is 4.81. The molecule has 2 aromatic rings. The van der Waals surface area contributed by atoms with Gasteiger partial charge in [-0.1, -0.05) is 37.3 Å². The predicted octanol–water partition coefficient (Wildman–Crippen LogP) is 2.60. The van der Waals surface area contributed by atoms with Crippen molar-refractivity contribution in [2.45, 2.75) is 32.7 Å². The lowest BCUT2D eigenvalue weighted by Gasteiger charge is -2.22. The van der Waals surface area contributed by atoms with Crippen molar-refractivity contribution in [2.24, 2.45) is 10.9 Å². The topological polar surface area (TPSA) is 58.3 Å². The number of nitrogens with zero attached hydrogens (tertiary/aromatic N) is 5. The van der Waals surface area contributed by atoms with Crippen LogP contribution in [0.3, 0.4) is 0 Å². The van der Waals surface area contributed by atoms with Crippen LogP contribution in [0.1, 0.15) is 24.7 Å². The van der Waals surface area contributed by atoms with Crippen molar-refractivity contribution in [1.82, 2.24) is 25.0 Å². The van der Waals surface area contributed by atoms with Crippen LogP contribution >= 0.6 is 24.0 Å². The SMILES string of the molecule is CCc1nncn1CCNC(=NC)N1CCC(Cc2ccccc2)C1.I. The van der Waals surface area contributed by atoms with E-state index in [4.69, 9.17) is 0 Å². The number of hydrogen-bond acceptors (Lipinski definition) is 3. The molecular weight excluding hydrogens is 439 g/mol. The lowest BCUT2D eigenvalue weighted by molar-refractivity contribution is 0.457. The van der Waals surface area contributed by atoms with Gasteiger partial charge in [0, 0.05) is 39.6 Å². The van der Waals surface area contributed by atoms with Crippen molar-refractivity contribution < 1.29 is 0 Å². The highest BCUT2D eigenvalue weighted by Gasteiger charge is 2.24. The van der Waals surface area contributed by atoms with Crippen LogP contribution < -0.4 is 5.32 Å². The summed E-state index contributed by atoms with van der Waals surface area (Å²) in [5.74, 6) is 2.73. The second kappa shape index (κ2) is 10.5. The standard InChI is InChI=1S/C19H28N6.HI/c1-3-18-23-22-15-25(18)12-10-21-19(20-2)24-11-9-17(14-24)13-16-7-5-4-6-8-16;/h4-8,15,17H,3,9-14H2,1-2H3,(H,20,21);1H. The minimum Gasteiger partial charge on any atom is -0.354 e. The van der Waals surface area contributed by atoms with Crippen LogP contribution in [-0.4, -0.2) is 52.3 Å². The van der Waals surface area contributed by atoms with Gasteiger partial charge in [0.05, 0.1) is 0 Å². The Balaban J connectivity index is 0.00000243. The average Bonchev–Trinajstić information content (AvgIpc) is 3.29. The number of aryl methyl sites for hydroxylation is 1. The Bertz CT molecular complexity index is 684. The Morgan fingerprint density at radius 3 is 2.85 bits per heavy atom. The van der Waals surface area contributed by atoms with Gasteiger partial charge >= 0.3 is 0 Å². The number of hydrogen-bond donors (Lipinski definition) is 1. The van der Waals surface area contributed by atoms with Gasteiger partial charge in [0.1, 0.15) is 12.2 Å². The van der Waals surface area contributed by atoms with Crippen molar-refractivity contribution in [3.63, 3.8) is 0 Å². The normalized spacial score (nSPS) is 17.2. The summed E-state index contributed by atoms with van der Waals surface area (Å²) in [7, 11) is 1.86. The van der Waals surface area contributed by atoms with Crippen molar-refractivity contribution >= 4 is 29.9 Å². The molecule has 0 bridgehead atoms. The highest BCUT2D eigenvalue weighted by Crippen LogP contribution is 2.20. The first-order valence-corrected chi connectivity index (χ1v) is 9.16. The van der Waals surface area contributed by atoms with Crippen LogP contribution in [-0.2, 0) is 19.4 Å². The van der Waals surface area contributed by atoms with E-state index in [9.17, 15) is 0 Å². The van der Waals surface area contributed by atoms with Gasteiger partial charge in [0.15, 0.2) is 5.96 Å². The summed E-state index contributed by atoms with van der Waals surface area (Å²) in [6.45, 7) is 5.93. The molecule has 3 rings (SSSR count). The lowest BCUT2D eigenvalue weighted by Crippen LogP contribution is -2.41. The summed E-state index contributed by atoms with van der Waals surface area (Å²) < 4.78 is 2.10. The molecule has 1 N–H and O–H groups in total. The first-order valence-electron chi connectivity index (χ1n) is 9.16. The zero-order chi connectivity index (χ0) is 17.5. The van der Waals surface area contributed by atoms with Crippen LogP contribution in [0.25, 0.3) is 0 Å². The van der Waals surface area contributed by atoms with Gasteiger partial charge in [0.2, 0.25) is 0 Å². The van der Waals surface area contributed by atoms with E-state index in [0.29, 0.717) is 5.92 Å². The molecule has 7 heteroatoms. The minimum absolute atomic E-state index is 0. The highest BCUT2D eigenvalue weighted by atomic mass is 127. The lowest BCUT2D eigenvalue weighted by atomic mass is 9.99. The van der Waals surface area contributed by atoms with Gasteiger partial charge in [-0.05, 0) is 24.3 Å². The number of halogens is 1. The van der Waals surface area contributed by atoms with Gasteiger partial charge in [-0.3, -0.25) is 4.99 Å². The zero-order valence-corrected chi connectivity index (χ0v) is 18.0. The molecule has 0 spiro atoms. The molecule has 2 heterocycles. The number of rotatable bonds is 6. The summed E-state index contributed by atoms with van der Waals surface area (Å²) in [5, 5.41) is 11.6. The van der Waals surface area contributed by atoms with E-state index < -0.39 is 0 Å². The molecule has 1 atom stereocenters. The number of aromatic nitrogens is 3. The molecule has 1 aliphatic heterocycles. The van der Waals surface area contributed by atoms with E-state index in [1.54, 1.807) is 6.33 Å². The van der Waals surface area contributed by atoms with E-state index >= 15 is 0 Å². The van der Waals surface area contributed by atoms with E-state index in [-0.39, 0.29) is 24.0 Å². The molecule has 0 radical (unpaired) electrons. The van der Waals surface area contributed by atoms with Gasteiger partial charge in [-0.25, -0.2) is 0 Å². The summed E-state index contributed by atoms with van der Waals surface area (Å²) in [4.78, 5) is 6.84. The molecule has 0 aliphatic carbocycles. The maximum absolute atomic E-state index is 4.46. The van der Waals surface area contributed by atoms with Crippen molar-refractivity contribution in [3.05, 3.63) is 48.0 Å². The summed E-state index contributed by atoms with van der Waals surface area (Å²) in [6, 6.07) is 10.8. The van der Waals surface area contributed by atoms with E-state index in [1.807, 2.05) is 7.05 Å². The van der Waals surface area contributed by atoms with Crippen LogP contribution in [0.2, 0.25) is 0 Å². The van der Waals surface area contributed by atoms with E-state index in [1.165, 1.54) is 12.0 Å². The quantitative estimate of drug-likeness (QED) is 0.403. The summed E-state index contributed by atoms with van der Waals surface area (Å²) in [5.41, 5.74) is 1.43. The molecule has 26 heavy (non-hydrogen) atoms. The number of guanidine groups is 1. The van der Waals surface area contributed by atoms with Crippen LogP contribution in [0.4, 0.5) is 0 Å². The molecule has 1 fully saturated rings. The molecule has 1 aliphatic rings. The largest absolute Gasteiger partial charge is 0.354 e. The second-order valence-electron chi connectivity index (χ2n) is 6.56. The Kier molecular flexibility index (Phi) is 8.34. The molecule has 1 unspecified atom stereocenters. The molecule has 142 valence electrons. The molecule has 0 amide bonds. The summed E-state index contributed by atoms with van der Waals surface area (Å²) >= 11 is 0. The smallest absolute Gasteiger partial charge is 0.193 e. The van der Waals surface area contributed by atoms with Gasteiger partial charge < -0.3 is 14.8 Å². The highest BCUT2D eigenvalue weighted by molar-refractivity contribution is 14.0. The van der Waals surface area contributed by atoms with E-state index in [0.717, 1.165) is 50.8 Å². The fraction of sp³-hybridized carbons (Fsp3) is 0.526. The first kappa shape index (κ1) is 20.7. The first-order chi connectivity index (χ1) is 12.3. The molecule has 6 nitrogen and oxygen atoms in total. The Morgan fingerprint density at radius 2 is 2.12 bits per heavy atom. The third kappa shape index (κ3) is 5.43. The third-order valence-electron chi connectivity index (χ3n) is 4.81. The van der Waals surface area contributed by atoms with Gasteiger partial charge in [-0.15, -0.1) is 34.2 Å². The Morgan fingerprint density at radius 1 is 1.31 bits per heavy atom. The van der Waals surface area contributed by atoms with Crippen LogP contribution in [0.15, 0.2) is 41.7 Å². The molecule has 1 aromatic carbocycles. The van der Waals surface area contributed by atoms with Crippen molar-refractivity contribution in [3.8, 4) is 0 Å². The number of benzene rings is 1. The minimum atomic E-state index is 0. The fourth-order valence-electron chi connectivity index (χ4n) is 3.50. The van der Waals surface area contributed by atoms with Gasteiger partial charge in [0.25, 0.3) is 0 Å². The monoisotopic (exact) mass is 468 g/mol. The number of aliphatic imine (C=N–C) groups is 1. The Hall–Kier alpha value is -1.64. The number of nitrogens with one attached hydrogen (secondary N) is 1. The zero-order valence-electron chi connectivity index (χ0n) is 15.6. The van der Waals surface area contributed by atoms with Crippen LogP contribution in [0, 0.1) is 5.92 Å². The predicted molar refractivity (Wildman–Crippen MR) is 116 cm³/mol. The molecule has 1 aromatic heterocycles. The molecule has 0 saturated carbocycles. The number of likely N-dealkylation sites (tertiary alicyclic amines) is 1. The molecule has 1 saturated heterocycles. The average molecular weight is 468 g/mol. The van der Waals surface area contributed by atoms with E-state index in [2.05, 4.69) is 67.2 Å². The maximum atomic E-state index is 4.46. The summed E-state index contributed by atoms with van der Waals surface area (Å²) in [6.07, 6.45) is 5.08. The van der Waals surface area contributed by atoms with Crippen LogP contribution in [0.5, 0.6) is 0 Å². The molecular formula is C19H29IN6. The second-order valence-corrected chi connectivity index (χ2v) is 6.56. The van der Waals surface area contributed by atoms with Crippen molar-refractivity contribution in [1.29, 1.82) is 0 Å². The van der Waals surface area contributed by atoms with Gasteiger partial charge in [-0.2, -0.15) is 0 Å². The fourth-order valence-corrected chi connectivity index (χ4v) is 3.50. The Labute approximate surface area is 173 Å².